The van der Waals surface area contributed by atoms with E-state index < -0.39 is 11.8 Å². The first-order valence-corrected chi connectivity index (χ1v) is 4.00. The van der Waals surface area contributed by atoms with Gasteiger partial charge in [-0.15, -0.1) is 10.2 Å². The highest BCUT2D eigenvalue weighted by molar-refractivity contribution is 9.10. The molecule has 1 aromatic heterocycles. The van der Waals surface area contributed by atoms with Gasteiger partial charge in [-0.1, -0.05) is 0 Å². The van der Waals surface area contributed by atoms with Gasteiger partial charge in [-0.3, -0.25) is 9.59 Å². The lowest BCUT2D eigenvalue weighted by atomic mass is 10.2. The standard InChI is InChI=1S/C6HBrN4O2/c7-4-2-3(8-1-9-4)6(13)11-10-5(2)12/h1H. The minimum Gasteiger partial charge on any atom is -0.265 e. The number of rotatable bonds is 0. The maximum absolute atomic E-state index is 11.1. The van der Waals surface area contributed by atoms with Crippen molar-refractivity contribution >= 4 is 27.7 Å². The van der Waals surface area contributed by atoms with Crippen LogP contribution in [0, 0.1) is 0 Å². The van der Waals surface area contributed by atoms with E-state index in [-0.39, 0.29) is 15.9 Å². The Bertz CT molecular complexity index is 442. The Morgan fingerprint density at radius 2 is 1.77 bits per heavy atom. The fraction of sp³-hybridized carbons (Fsp3) is 0. The lowest BCUT2D eigenvalue weighted by molar-refractivity contribution is 0.0915. The molecular formula is C6HBrN4O2. The van der Waals surface area contributed by atoms with Gasteiger partial charge in [0.2, 0.25) is 0 Å². The van der Waals surface area contributed by atoms with E-state index in [1.807, 2.05) is 0 Å². The normalized spacial score (nSPS) is 14.5. The van der Waals surface area contributed by atoms with Gasteiger partial charge in [0, 0.05) is 0 Å². The minimum absolute atomic E-state index is 0.0122. The predicted molar refractivity (Wildman–Crippen MR) is 43.2 cm³/mol. The molecule has 1 aromatic rings. The average molecular weight is 241 g/mol. The highest BCUT2D eigenvalue weighted by atomic mass is 79.9. The summed E-state index contributed by atoms with van der Waals surface area (Å²) in [6.45, 7) is 0. The molecule has 13 heavy (non-hydrogen) atoms. The molecule has 2 heterocycles. The Balaban J connectivity index is 2.76. The van der Waals surface area contributed by atoms with Gasteiger partial charge in [-0.25, -0.2) is 9.97 Å². The number of hydrogen-bond donors (Lipinski definition) is 0. The van der Waals surface area contributed by atoms with Crippen LogP contribution in [0.2, 0.25) is 0 Å². The second-order valence-corrected chi connectivity index (χ2v) is 2.95. The number of fused-ring (bicyclic) bond motifs is 1. The number of amides is 2. The third-order valence-electron chi connectivity index (χ3n) is 1.45. The van der Waals surface area contributed by atoms with Crippen LogP contribution in [0.4, 0.5) is 0 Å². The molecule has 0 fully saturated rings. The summed E-state index contributed by atoms with van der Waals surface area (Å²) in [5.74, 6) is -1.24. The fourth-order valence-electron chi connectivity index (χ4n) is 0.904. The predicted octanol–water partition coefficient (Wildman–Crippen LogP) is 0.985. The number of halogens is 1. The van der Waals surface area contributed by atoms with E-state index in [1.165, 1.54) is 6.33 Å². The number of aromatic nitrogens is 2. The molecule has 0 spiro atoms. The van der Waals surface area contributed by atoms with Gasteiger partial charge >= 0.3 is 11.8 Å². The third kappa shape index (κ3) is 1.17. The second kappa shape index (κ2) is 2.77. The lowest BCUT2D eigenvalue weighted by Crippen LogP contribution is -2.14. The van der Waals surface area contributed by atoms with Gasteiger partial charge in [0.05, 0.1) is 0 Å². The highest BCUT2D eigenvalue weighted by Gasteiger charge is 2.26. The van der Waals surface area contributed by atoms with Crippen molar-refractivity contribution < 1.29 is 9.59 Å². The number of nitrogens with zero attached hydrogens (tertiary/aromatic N) is 4. The average Bonchev–Trinajstić information content (AvgIpc) is 2.12. The molecule has 0 bridgehead atoms. The van der Waals surface area contributed by atoms with E-state index in [0.717, 1.165) is 0 Å². The van der Waals surface area contributed by atoms with Crippen molar-refractivity contribution in [3.63, 3.8) is 0 Å². The molecule has 2 rings (SSSR count). The van der Waals surface area contributed by atoms with Gasteiger partial charge in [0.25, 0.3) is 0 Å². The number of hydrogen-bond acceptors (Lipinski definition) is 4. The van der Waals surface area contributed by atoms with Crippen LogP contribution in [0.1, 0.15) is 20.8 Å². The topological polar surface area (TPSA) is 84.6 Å². The van der Waals surface area contributed by atoms with Gasteiger partial charge in [0.1, 0.15) is 22.2 Å². The van der Waals surface area contributed by atoms with Crippen molar-refractivity contribution in [2.45, 2.75) is 0 Å². The van der Waals surface area contributed by atoms with E-state index in [9.17, 15) is 9.59 Å². The summed E-state index contributed by atoms with van der Waals surface area (Å²) in [6.07, 6.45) is 1.18. The molecule has 2 amide bonds. The van der Waals surface area contributed by atoms with Crippen LogP contribution in [0.5, 0.6) is 0 Å². The summed E-state index contributed by atoms with van der Waals surface area (Å²) >= 11 is 3.02. The summed E-state index contributed by atoms with van der Waals surface area (Å²) in [4.78, 5) is 29.5. The van der Waals surface area contributed by atoms with E-state index >= 15 is 0 Å². The maximum Gasteiger partial charge on any atom is 0.315 e. The van der Waals surface area contributed by atoms with Crippen molar-refractivity contribution in [1.82, 2.24) is 9.97 Å². The summed E-state index contributed by atoms with van der Waals surface area (Å²) < 4.78 is 0.259. The molecule has 0 aliphatic carbocycles. The van der Waals surface area contributed by atoms with Crippen LogP contribution in [0.15, 0.2) is 21.2 Å². The second-order valence-electron chi connectivity index (χ2n) is 2.20. The van der Waals surface area contributed by atoms with Crippen molar-refractivity contribution in [2.75, 3.05) is 0 Å². The Kier molecular flexibility index (Phi) is 1.73. The summed E-state index contributed by atoms with van der Waals surface area (Å²) in [6, 6.07) is 0. The molecule has 64 valence electrons. The fourth-order valence-corrected chi connectivity index (χ4v) is 1.35. The smallest absolute Gasteiger partial charge is 0.265 e. The molecule has 0 radical (unpaired) electrons. The summed E-state index contributed by atoms with van der Waals surface area (Å²) in [5.41, 5.74) is 0.0596. The van der Waals surface area contributed by atoms with Crippen LogP contribution < -0.4 is 0 Å². The third-order valence-corrected chi connectivity index (χ3v) is 2.05. The molecule has 7 heteroatoms. The van der Waals surface area contributed by atoms with Crippen LogP contribution in [0.3, 0.4) is 0 Å². The number of carbonyl (C=O) groups excluding carboxylic acids is 2. The van der Waals surface area contributed by atoms with E-state index in [2.05, 4.69) is 36.1 Å². The van der Waals surface area contributed by atoms with E-state index in [0.29, 0.717) is 0 Å². The zero-order chi connectivity index (χ0) is 9.42. The van der Waals surface area contributed by atoms with Crippen molar-refractivity contribution in [3.05, 3.63) is 22.2 Å². The van der Waals surface area contributed by atoms with Gasteiger partial charge in [-0.2, -0.15) is 0 Å². The Hall–Kier alpha value is -1.50. The van der Waals surface area contributed by atoms with Crippen molar-refractivity contribution in [1.29, 1.82) is 0 Å². The SMILES string of the molecule is O=C1N=NC(=O)c2c(Br)ncnc21. The van der Waals surface area contributed by atoms with E-state index in [1.54, 1.807) is 0 Å². The quantitative estimate of drug-likeness (QED) is 0.633. The molecule has 0 N–H and O–H groups in total. The Morgan fingerprint density at radius 1 is 1.08 bits per heavy atom. The first-order chi connectivity index (χ1) is 6.20. The van der Waals surface area contributed by atoms with E-state index in [4.69, 9.17) is 0 Å². The maximum atomic E-state index is 11.1. The largest absolute Gasteiger partial charge is 0.315 e. The molecule has 0 saturated heterocycles. The van der Waals surface area contributed by atoms with Crippen LogP contribution >= 0.6 is 15.9 Å². The zero-order valence-electron chi connectivity index (χ0n) is 6.06. The lowest BCUT2D eigenvalue weighted by Gasteiger charge is -2.05. The molecule has 0 atom stereocenters. The van der Waals surface area contributed by atoms with Crippen molar-refractivity contribution in [3.8, 4) is 0 Å². The molecule has 1 aliphatic rings. The van der Waals surface area contributed by atoms with Crippen molar-refractivity contribution in [2.24, 2.45) is 10.2 Å². The summed E-state index contributed by atoms with van der Waals surface area (Å²) in [5, 5.41) is 6.26. The molecule has 1 aliphatic heterocycles. The summed E-state index contributed by atoms with van der Waals surface area (Å²) in [7, 11) is 0. The van der Waals surface area contributed by atoms with Crippen LogP contribution in [0.25, 0.3) is 0 Å². The molecule has 0 aromatic carbocycles. The zero-order valence-corrected chi connectivity index (χ0v) is 7.65. The Morgan fingerprint density at radius 3 is 2.46 bits per heavy atom. The first kappa shape index (κ1) is 8.11. The van der Waals surface area contributed by atoms with Gasteiger partial charge in [-0.05, 0) is 15.9 Å². The molecule has 6 nitrogen and oxygen atoms in total. The minimum atomic E-state index is -0.627. The van der Waals surface area contributed by atoms with Crippen LogP contribution in [-0.2, 0) is 0 Å². The van der Waals surface area contributed by atoms with Gasteiger partial charge < -0.3 is 0 Å². The first-order valence-electron chi connectivity index (χ1n) is 3.21. The number of carbonyl (C=O) groups is 2. The molecule has 0 unspecified atom stereocenters. The monoisotopic (exact) mass is 240 g/mol. The number of azo groups is 1. The Labute approximate surface area is 80.2 Å². The molecule has 0 saturated carbocycles. The van der Waals surface area contributed by atoms with Gasteiger partial charge in [0.15, 0.2) is 0 Å². The highest BCUT2D eigenvalue weighted by Crippen LogP contribution is 2.21. The van der Waals surface area contributed by atoms with Crippen LogP contribution in [-0.4, -0.2) is 21.8 Å². The molecular weight excluding hydrogens is 240 g/mol.